The van der Waals surface area contributed by atoms with E-state index in [1.165, 1.54) is 7.11 Å². The molecular weight excluding hydrogens is 428 g/mol. The van der Waals surface area contributed by atoms with Crippen molar-refractivity contribution in [3.05, 3.63) is 22.8 Å². The van der Waals surface area contributed by atoms with Gasteiger partial charge in [0.15, 0.2) is 0 Å². The van der Waals surface area contributed by atoms with Gasteiger partial charge in [0.05, 0.1) is 25.4 Å². The summed E-state index contributed by atoms with van der Waals surface area (Å²) in [5.41, 5.74) is -0.250. The predicted molar refractivity (Wildman–Crippen MR) is 122 cm³/mol. The van der Waals surface area contributed by atoms with Gasteiger partial charge in [0, 0.05) is 18.2 Å². The van der Waals surface area contributed by atoms with Crippen molar-refractivity contribution in [1.82, 2.24) is 4.90 Å². The van der Waals surface area contributed by atoms with Gasteiger partial charge >= 0.3 is 12.2 Å². The van der Waals surface area contributed by atoms with Crippen molar-refractivity contribution in [1.29, 1.82) is 0 Å². The summed E-state index contributed by atoms with van der Waals surface area (Å²) in [6.45, 7) is 11.5. The smallest absolute Gasteiger partial charge is 0.418 e. The number of anilines is 1. The molecule has 2 aliphatic heterocycles. The van der Waals surface area contributed by atoms with Crippen LogP contribution in [0.3, 0.4) is 0 Å². The molecule has 9 heteroatoms. The molecular formula is C24H34N2O7. The molecule has 9 nitrogen and oxygen atoms in total. The van der Waals surface area contributed by atoms with Gasteiger partial charge in [0.2, 0.25) is 5.91 Å². The van der Waals surface area contributed by atoms with Gasteiger partial charge in [0.1, 0.15) is 11.2 Å². The topological polar surface area (TPSA) is 128 Å². The highest BCUT2D eigenvalue weighted by Gasteiger charge is 2.62. The summed E-state index contributed by atoms with van der Waals surface area (Å²) in [4.78, 5) is 40.1. The number of rotatable bonds is 2. The molecule has 0 aliphatic carbocycles. The first kappa shape index (κ1) is 24.8. The number of aliphatic hydroxyl groups is 1. The Hall–Kier alpha value is -2.81. The molecule has 182 valence electrons. The molecule has 0 bridgehead atoms. The van der Waals surface area contributed by atoms with Crippen LogP contribution in [-0.4, -0.2) is 64.6 Å². The summed E-state index contributed by atoms with van der Waals surface area (Å²) in [5, 5.41) is 30.3. The number of nitrogens with zero attached hydrogens (tertiary/aromatic N) is 2. The number of benzene rings is 1. The third-order valence-corrected chi connectivity index (χ3v) is 6.79. The lowest BCUT2D eigenvalue weighted by Crippen LogP contribution is -2.62. The molecule has 1 saturated heterocycles. The summed E-state index contributed by atoms with van der Waals surface area (Å²) in [5.74, 6) is -0.262. The zero-order valence-electron chi connectivity index (χ0n) is 20.4. The lowest BCUT2D eigenvalue weighted by Gasteiger charge is -2.47. The molecule has 0 saturated carbocycles. The first-order valence-electron chi connectivity index (χ1n) is 11.1. The van der Waals surface area contributed by atoms with Crippen LogP contribution in [0.25, 0.3) is 0 Å². The number of imide groups is 1. The number of hydrogen-bond donors (Lipinski definition) is 3. The first-order valence-corrected chi connectivity index (χ1v) is 11.1. The Morgan fingerprint density at radius 3 is 2.09 bits per heavy atom. The van der Waals surface area contributed by atoms with Gasteiger partial charge in [-0.15, -0.1) is 0 Å². The fourth-order valence-electron chi connectivity index (χ4n) is 5.68. The molecule has 3 rings (SSSR count). The lowest BCUT2D eigenvalue weighted by atomic mass is 9.62. The normalized spacial score (nSPS) is 23.2. The van der Waals surface area contributed by atoms with Gasteiger partial charge in [0.25, 0.3) is 0 Å². The Kier molecular flexibility index (Phi) is 5.94. The molecule has 33 heavy (non-hydrogen) atoms. The zero-order chi connectivity index (χ0) is 25.1. The van der Waals surface area contributed by atoms with E-state index in [0.29, 0.717) is 22.6 Å². The van der Waals surface area contributed by atoms with Crippen molar-refractivity contribution in [3.8, 4) is 5.75 Å². The van der Waals surface area contributed by atoms with E-state index in [1.54, 1.807) is 6.07 Å². The highest BCUT2D eigenvalue weighted by Crippen LogP contribution is 2.57. The summed E-state index contributed by atoms with van der Waals surface area (Å²) >= 11 is 0. The van der Waals surface area contributed by atoms with Crippen molar-refractivity contribution in [2.24, 2.45) is 0 Å². The number of hydrogen-bond acceptors (Lipinski definition) is 5. The van der Waals surface area contributed by atoms with Crippen LogP contribution in [0.4, 0.5) is 15.3 Å². The Balaban J connectivity index is 2.58. The van der Waals surface area contributed by atoms with E-state index in [2.05, 4.69) is 0 Å². The molecule has 2 atom stereocenters. The number of likely N-dealkylation sites (tertiary alicyclic amines) is 1. The predicted octanol–water partition coefficient (Wildman–Crippen LogP) is 3.69. The molecule has 0 radical (unpaired) electrons. The van der Waals surface area contributed by atoms with E-state index in [0.717, 1.165) is 16.0 Å². The quantitative estimate of drug-likeness (QED) is 0.612. The summed E-state index contributed by atoms with van der Waals surface area (Å²) in [6.07, 6.45) is -2.11. The van der Waals surface area contributed by atoms with Crippen LogP contribution >= 0.6 is 0 Å². The lowest BCUT2D eigenvalue weighted by molar-refractivity contribution is -0.127. The maximum atomic E-state index is 13.9. The van der Waals surface area contributed by atoms with E-state index in [9.17, 15) is 29.7 Å². The number of ether oxygens (including phenoxy) is 1. The average molecular weight is 463 g/mol. The number of fused-ring (bicyclic) bond motifs is 2. The van der Waals surface area contributed by atoms with E-state index in [-0.39, 0.29) is 18.7 Å². The highest BCUT2D eigenvalue weighted by molar-refractivity contribution is 6.21. The van der Waals surface area contributed by atoms with Crippen LogP contribution in [0.5, 0.6) is 5.75 Å². The number of piperidine rings is 1. The van der Waals surface area contributed by atoms with Crippen LogP contribution in [0.15, 0.2) is 6.07 Å². The average Bonchev–Trinajstić information content (AvgIpc) is 2.93. The molecule has 2 unspecified atom stereocenters. The Labute approximate surface area is 193 Å². The second-order valence-corrected chi connectivity index (χ2v) is 10.9. The van der Waals surface area contributed by atoms with Crippen molar-refractivity contribution < 1.29 is 34.4 Å². The van der Waals surface area contributed by atoms with Crippen LogP contribution in [0.2, 0.25) is 0 Å². The number of aliphatic hydroxyl groups excluding tert-OH is 1. The van der Waals surface area contributed by atoms with E-state index in [4.69, 9.17) is 4.74 Å². The maximum Gasteiger partial charge on any atom is 0.418 e. The molecule has 3 amide bonds. The number of carbonyl (C=O) groups is 3. The van der Waals surface area contributed by atoms with Crippen molar-refractivity contribution in [3.63, 3.8) is 0 Å². The van der Waals surface area contributed by atoms with Gasteiger partial charge in [-0.3, -0.25) is 4.79 Å². The Bertz CT molecular complexity index is 1010. The zero-order valence-corrected chi connectivity index (χ0v) is 20.4. The Morgan fingerprint density at radius 2 is 1.67 bits per heavy atom. The maximum absolute atomic E-state index is 13.9. The van der Waals surface area contributed by atoms with Gasteiger partial charge in [-0.05, 0) is 34.8 Å². The summed E-state index contributed by atoms with van der Waals surface area (Å²) in [6, 6.07) is 0.460. The number of carboxylic acid groups (broad SMARTS) is 2. The molecule has 1 spiro atoms. The minimum Gasteiger partial charge on any atom is -0.496 e. The summed E-state index contributed by atoms with van der Waals surface area (Å²) in [7, 11) is 1.50. The van der Waals surface area contributed by atoms with Gasteiger partial charge in [-0.1, -0.05) is 41.5 Å². The van der Waals surface area contributed by atoms with Crippen molar-refractivity contribution in [2.75, 3.05) is 25.2 Å². The second-order valence-electron chi connectivity index (χ2n) is 10.9. The summed E-state index contributed by atoms with van der Waals surface area (Å²) < 4.78 is 5.70. The van der Waals surface area contributed by atoms with Gasteiger partial charge in [-0.25, -0.2) is 14.5 Å². The molecule has 2 aliphatic rings. The van der Waals surface area contributed by atoms with E-state index in [1.807, 2.05) is 41.5 Å². The molecule has 1 aromatic carbocycles. The fourth-order valence-corrected chi connectivity index (χ4v) is 5.68. The Morgan fingerprint density at radius 1 is 1.09 bits per heavy atom. The van der Waals surface area contributed by atoms with Gasteiger partial charge in [-0.2, -0.15) is 0 Å². The molecule has 1 aromatic rings. The number of amides is 3. The molecule has 0 aromatic heterocycles. The molecule has 1 fully saturated rings. The van der Waals surface area contributed by atoms with Crippen molar-refractivity contribution >= 4 is 23.8 Å². The number of carbonyl (C=O) groups excluding carboxylic acids is 1. The van der Waals surface area contributed by atoms with Crippen LogP contribution < -0.4 is 9.64 Å². The van der Waals surface area contributed by atoms with E-state index < -0.39 is 47.0 Å². The molecule has 3 N–H and O–H groups in total. The second kappa shape index (κ2) is 7.90. The minimum atomic E-state index is -1.52. The van der Waals surface area contributed by atoms with Gasteiger partial charge < -0.3 is 25.0 Å². The minimum absolute atomic E-state index is 0.158. The van der Waals surface area contributed by atoms with Crippen LogP contribution in [0.1, 0.15) is 71.1 Å². The van der Waals surface area contributed by atoms with Crippen molar-refractivity contribution in [2.45, 2.75) is 76.7 Å². The van der Waals surface area contributed by atoms with Crippen LogP contribution in [0, 0.1) is 0 Å². The highest BCUT2D eigenvalue weighted by atomic mass is 16.5. The largest absolute Gasteiger partial charge is 0.496 e. The monoisotopic (exact) mass is 462 g/mol. The third-order valence-electron chi connectivity index (χ3n) is 6.79. The standard InChI is InChI=1S/C24H34N2O7/c1-22(2,3)17-14(33-7)11-13-16(18(17)23(4,5)6)24(19(28)26(13)21(31)32)9-8-10-25(20(29)30)15(24)12-27/h11,15,27H,8-10,12H2,1-7H3,(H,29,30)(H,31,32). The SMILES string of the molecule is COc1cc2c(c(C(C)(C)C)c1C(C)(C)C)C1(CCCN(C(=O)O)C1CO)C(=O)N2C(=O)O. The fraction of sp³-hybridized carbons (Fsp3) is 0.625. The first-order chi connectivity index (χ1) is 15.1. The third kappa shape index (κ3) is 3.53. The number of methoxy groups -OCH3 is 1. The molecule has 2 heterocycles. The van der Waals surface area contributed by atoms with Crippen LogP contribution in [-0.2, 0) is 21.0 Å². The van der Waals surface area contributed by atoms with E-state index >= 15 is 0 Å².